The van der Waals surface area contributed by atoms with E-state index in [4.69, 9.17) is 4.74 Å². The topological polar surface area (TPSA) is 43.4 Å². The second-order valence-electron chi connectivity index (χ2n) is 6.53. The molecule has 3 fully saturated rings. The van der Waals surface area contributed by atoms with E-state index in [0.29, 0.717) is 17.5 Å². The lowest BCUT2D eigenvalue weighted by Crippen LogP contribution is -2.35. The molecule has 19 heavy (non-hydrogen) atoms. The van der Waals surface area contributed by atoms with Crippen LogP contribution in [0.5, 0.6) is 0 Å². The first-order chi connectivity index (χ1) is 9.24. The van der Waals surface area contributed by atoms with Crippen LogP contribution in [0.3, 0.4) is 0 Å². The Morgan fingerprint density at radius 2 is 1.89 bits per heavy atom. The molecular weight excluding hydrogens is 240 g/mol. The summed E-state index contributed by atoms with van der Waals surface area (Å²) in [7, 11) is 0. The molecule has 7 unspecified atom stereocenters. The fraction of sp³-hybridized carbons (Fsp3) is 0.750. The Morgan fingerprint density at radius 1 is 1.16 bits per heavy atom. The Hall–Kier alpha value is -0.960. The van der Waals surface area contributed by atoms with E-state index in [-0.39, 0.29) is 35.7 Å². The number of carbonyl (C=O) groups excluding carboxylic acids is 2. The van der Waals surface area contributed by atoms with Gasteiger partial charge < -0.3 is 4.74 Å². The highest BCUT2D eigenvalue weighted by atomic mass is 16.5. The number of ketones is 2. The summed E-state index contributed by atoms with van der Waals surface area (Å²) in [5.74, 6) is 1.51. The molecule has 3 saturated carbocycles. The van der Waals surface area contributed by atoms with Crippen molar-refractivity contribution in [2.24, 2.45) is 35.5 Å². The maximum Gasteiger partial charge on any atom is 0.147 e. The summed E-state index contributed by atoms with van der Waals surface area (Å²) in [4.78, 5) is 24.6. The molecule has 102 valence electrons. The first-order valence-electron chi connectivity index (χ1n) is 7.61. The standard InChI is InChI=1S/C16H20O3/c1-2-3-6-19-11-7-10-12-8-4-5-9(15(8)17)13(12)14(11)16(10)18/h4-5,8-14H,2-3,6-7H2,1H3. The van der Waals surface area contributed by atoms with Crippen LogP contribution in [0.4, 0.5) is 0 Å². The SMILES string of the molecule is CCCCOC1CC2C(=O)C1C1C3C=CC(C3=O)C21. The maximum absolute atomic E-state index is 12.4. The summed E-state index contributed by atoms with van der Waals surface area (Å²) >= 11 is 0. The molecule has 0 aromatic rings. The summed E-state index contributed by atoms with van der Waals surface area (Å²) in [5, 5.41) is 0. The molecule has 0 radical (unpaired) electrons. The van der Waals surface area contributed by atoms with Gasteiger partial charge in [0.2, 0.25) is 0 Å². The number of Topliss-reactive ketones (excluding diaryl/α,β-unsaturated/α-hetero) is 2. The number of fused-ring (bicyclic) bond motifs is 9. The molecule has 0 heterocycles. The van der Waals surface area contributed by atoms with Crippen molar-refractivity contribution in [1.29, 1.82) is 0 Å². The van der Waals surface area contributed by atoms with Crippen LogP contribution >= 0.6 is 0 Å². The van der Waals surface area contributed by atoms with Crippen molar-refractivity contribution < 1.29 is 14.3 Å². The van der Waals surface area contributed by atoms with Crippen LogP contribution in [0, 0.1) is 35.5 Å². The lowest BCUT2D eigenvalue weighted by molar-refractivity contribution is -0.126. The van der Waals surface area contributed by atoms with Gasteiger partial charge in [-0.25, -0.2) is 0 Å². The van der Waals surface area contributed by atoms with Gasteiger partial charge in [-0.1, -0.05) is 25.5 Å². The highest BCUT2D eigenvalue weighted by molar-refractivity contribution is 5.99. The zero-order valence-electron chi connectivity index (χ0n) is 11.2. The predicted octanol–water partition coefficient (Wildman–Crippen LogP) is 2.01. The number of unbranched alkanes of at least 4 members (excludes halogenated alkanes) is 1. The second kappa shape index (κ2) is 4.02. The smallest absolute Gasteiger partial charge is 0.147 e. The van der Waals surface area contributed by atoms with Crippen molar-refractivity contribution in [1.82, 2.24) is 0 Å². The summed E-state index contributed by atoms with van der Waals surface area (Å²) in [5.41, 5.74) is 0. The zero-order valence-corrected chi connectivity index (χ0v) is 11.2. The van der Waals surface area contributed by atoms with Crippen molar-refractivity contribution in [3.05, 3.63) is 12.2 Å². The van der Waals surface area contributed by atoms with E-state index in [1.54, 1.807) is 0 Å². The minimum Gasteiger partial charge on any atom is -0.377 e. The average molecular weight is 260 g/mol. The van der Waals surface area contributed by atoms with E-state index in [0.717, 1.165) is 25.9 Å². The molecule has 4 aliphatic rings. The van der Waals surface area contributed by atoms with Crippen LogP contribution < -0.4 is 0 Å². The van der Waals surface area contributed by atoms with Crippen LogP contribution in [0.25, 0.3) is 0 Å². The Morgan fingerprint density at radius 3 is 2.63 bits per heavy atom. The van der Waals surface area contributed by atoms with E-state index in [9.17, 15) is 9.59 Å². The van der Waals surface area contributed by atoms with E-state index < -0.39 is 0 Å². The lowest BCUT2D eigenvalue weighted by Gasteiger charge is -2.34. The molecular formula is C16H20O3. The zero-order chi connectivity index (χ0) is 13.1. The summed E-state index contributed by atoms with van der Waals surface area (Å²) in [6.07, 6.45) is 7.22. The van der Waals surface area contributed by atoms with E-state index in [1.165, 1.54) is 0 Å². The molecule has 3 nitrogen and oxygen atoms in total. The summed E-state index contributed by atoms with van der Waals surface area (Å²) in [6.45, 7) is 2.90. The normalized spacial score (nSPS) is 49.4. The van der Waals surface area contributed by atoms with Gasteiger partial charge in [-0.3, -0.25) is 9.59 Å². The van der Waals surface area contributed by atoms with Crippen LogP contribution in [0.1, 0.15) is 26.2 Å². The number of allylic oxidation sites excluding steroid dienone is 2. The van der Waals surface area contributed by atoms with Crippen molar-refractivity contribution in [3.63, 3.8) is 0 Å². The number of hydrogen-bond donors (Lipinski definition) is 0. The summed E-state index contributed by atoms with van der Waals surface area (Å²) in [6, 6.07) is 0. The molecule has 4 aliphatic carbocycles. The molecule has 4 rings (SSSR count). The third-order valence-corrected chi connectivity index (χ3v) is 5.75. The number of ether oxygens (including phenoxy) is 1. The highest BCUT2D eigenvalue weighted by Crippen LogP contribution is 2.62. The lowest BCUT2D eigenvalue weighted by atomic mass is 9.72. The average Bonchev–Trinajstić information content (AvgIpc) is 3.08. The minimum absolute atomic E-state index is 0.00996. The first-order valence-corrected chi connectivity index (χ1v) is 7.61. The Bertz CT molecular complexity index is 467. The molecule has 0 spiro atoms. The Balaban J connectivity index is 1.57. The van der Waals surface area contributed by atoms with Gasteiger partial charge in [0, 0.05) is 30.3 Å². The quantitative estimate of drug-likeness (QED) is 0.441. The minimum atomic E-state index is 0.00996. The van der Waals surface area contributed by atoms with Gasteiger partial charge in [0.05, 0.1) is 6.10 Å². The molecule has 0 aliphatic heterocycles. The fourth-order valence-corrected chi connectivity index (χ4v) is 5.03. The second-order valence-corrected chi connectivity index (χ2v) is 6.53. The van der Waals surface area contributed by atoms with Crippen molar-refractivity contribution >= 4 is 11.6 Å². The van der Waals surface area contributed by atoms with Gasteiger partial charge >= 0.3 is 0 Å². The number of hydrogen-bond acceptors (Lipinski definition) is 3. The van der Waals surface area contributed by atoms with E-state index in [2.05, 4.69) is 13.0 Å². The number of carbonyl (C=O) groups is 2. The van der Waals surface area contributed by atoms with Gasteiger partial charge in [-0.05, 0) is 24.7 Å². The largest absolute Gasteiger partial charge is 0.377 e. The molecule has 0 saturated heterocycles. The molecule has 0 aromatic carbocycles. The van der Waals surface area contributed by atoms with E-state index >= 15 is 0 Å². The first kappa shape index (κ1) is 11.8. The molecule has 0 N–H and O–H groups in total. The van der Waals surface area contributed by atoms with E-state index in [1.807, 2.05) is 6.08 Å². The van der Waals surface area contributed by atoms with Gasteiger partial charge in [0.25, 0.3) is 0 Å². The Labute approximate surface area is 113 Å². The molecule has 4 bridgehead atoms. The van der Waals surface area contributed by atoms with Gasteiger partial charge in [0.15, 0.2) is 0 Å². The molecule has 7 atom stereocenters. The molecule has 0 aromatic heterocycles. The van der Waals surface area contributed by atoms with Crippen molar-refractivity contribution in [2.75, 3.05) is 6.61 Å². The molecule has 3 heteroatoms. The third kappa shape index (κ3) is 1.37. The summed E-state index contributed by atoms with van der Waals surface area (Å²) < 4.78 is 5.94. The number of rotatable bonds is 4. The third-order valence-electron chi connectivity index (χ3n) is 5.75. The molecule has 0 amide bonds. The van der Waals surface area contributed by atoms with Crippen LogP contribution in [0.2, 0.25) is 0 Å². The fourth-order valence-electron chi connectivity index (χ4n) is 5.03. The van der Waals surface area contributed by atoms with Crippen LogP contribution in [-0.4, -0.2) is 24.3 Å². The van der Waals surface area contributed by atoms with Gasteiger partial charge in [-0.2, -0.15) is 0 Å². The van der Waals surface area contributed by atoms with Gasteiger partial charge in [0.1, 0.15) is 11.6 Å². The highest BCUT2D eigenvalue weighted by Gasteiger charge is 2.68. The predicted molar refractivity (Wildman–Crippen MR) is 69.4 cm³/mol. The van der Waals surface area contributed by atoms with Crippen molar-refractivity contribution in [3.8, 4) is 0 Å². The Kier molecular flexibility index (Phi) is 2.50. The van der Waals surface area contributed by atoms with Crippen molar-refractivity contribution in [2.45, 2.75) is 32.3 Å². The van der Waals surface area contributed by atoms with Crippen LogP contribution in [0.15, 0.2) is 12.2 Å². The maximum atomic E-state index is 12.4. The monoisotopic (exact) mass is 260 g/mol. The van der Waals surface area contributed by atoms with Gasteiger partial charge in [-0.15, -0.1) is 0 Å². The van der Waals surface area contributed by atoms with Crippen LogP contribution in [-0.2, 0) is 14.3 Å².